The number of carboxylic acid groups (broad SMARTS) is 2. The first-order valence-electron chi connectivity index (χ1n) is 11.4. The number of rotatable bonds is 14. The van der Waals surface area contributed by atoms with E-state index in [1.165, 1.54) is 16.7 Å². The summed E-state index contributed by atoms with van der Waals surface area (Å²) in [5.74, 6) is -1.20. The molecule has 0 radical (unpaired) electrons. The third-order valence-electron chi connectivity index (χ3n) is 7.38. The molecule has 0 atom stereocenters. The van der Waals surface area contributed by atoms with Crippen molar-refractivity contribution in [2.45, 2.75) is 96.8 Å². The molecule has 160 valence electrons. The minimum Gasteiger partial charge on any atom is -0.481 e. The van der Waals surface area contributed by atoms with E-state index in [-0.39, 0.29) is 10.8 Å². The third kappa shape index (κ3) is 5.61. The highest BCUT2D eigenvalue weighted by molar-refractivity contribution is 5.78. The van der Waals surface area contributed by atoms with E-state index in [2.05, 4.69) is 25.1 Å². The van der Waals surface area contributed by atoms with Crippen LogP contribution in [0.25, 0.3) is 0 Å². The van der Waals surface area contributed by atoms with Gasteiger partial charge >= 0.3 is 11.9 Å². The molecule has 0 amide bonds. The van der Waals surface area contributed by atoms with Crippen LogP contribution < -0.4 is 0 Å². The number of aliphatic carboxylic acids is 2. The van der Waals surface area contributed by atoms with Gasteiger partial charge in [-0.1, -0.05) is 43.9 Å². The number of hydrogen-bond acceptors (Lipinski definition) is 2. The van der Waals surface area contributed by atoms with Crippen LogP contribution in [0.4, 0.5) is 0 Å². The van der Waals surface area contributed by atoms with Gasteiger partial charge in [-0.25, -0.2) is 0 Å². The molecule has 1 aromatic rings. The van der Waals surface area contributed by atoms with E-state index in [0.717, 1.165) is 89.9 Å². The van der Waals surface area contributed by atoms with Crippen molar-refractivity contribution in [2.75, 3.05) is 0 Å². The molecule has 0 bridgehead atoms. The van der Waals surface area contributed by atoms with Crippen LogP contribution >= 0.6 is 0 Å². The van der Waals surface area contributed by atoms with Crippen molar-refractivity contribution in [3.63, 3.8) is 0 Å². The fourth-order valence-corrected chi connectivity index (χ4v) is 4.63. The van der Waals surface area contributed by atoms with Crippen molar-refractivity contribution >= 4 is 11.9 Å². The Kier molecular flexibility index (Phi) is 7.02. The van der Waals surface area contributed by atoms with E-state index in [9.17, 15) is 19.8 Å². The van der Waals surface area contributed by atoms with Crippen molar-refractivity contribution in [1.29, 1.82) is 0 Å². The van der Waals surface area contributed by atoms with E-state index in [1.807, 2.05) is 0 Å². The van der Waals surface area contributed by atoms with E-state index < -0.39 is 11.9 Å². The molecule has 2 aliphatic rings. The highest BCUT2D eigenvalue weighted by atomic mass is 16.4. The van der Waals surface area contributed by atoms with Crippen molar-refractivity contribution < 1.29 is 19.8 Å². The first-order valence-corrected chi connectivity index (χ1v) is 11.4. The Morgan fingerprint density at radius 3 is 1.62 bits per heavy atom. The Balaban J connectivity index is 1.34. The lowest BCUT2D eigenvalue weighted by Crippen LogP contribution is -2.14. The zero-order valence-corrected chi connectivity index (χ0v) is 17.8. The average Bonchev–Trinajstić information content (AvgIpc) is 3.59. The molecule has 0 heterocycles. The average molecular weight is 401 g/mol. The maximum atomic E-state index is 11.3. The van der Waals surface area contributed by atoms with Gasteiger partial charge in [-0.15, -0.1) is 0 Å². The van der Waals surface area contributed by atoms with E-state index in [0.29, 0.717) is 0 Å². The minimum absolute atomic E-state index is 0.367. The topological polar surface area (TPSA) is 74.6 Å². The monoisotopic (exact) mass is 400 g/mol. The van der Waals surface area contributed by atoms with Gasteiger partial charge in [0, 0.05) is 0 Å². The molecule has 2 saturated carbocycles. The van der Waals surface area contributed by atoms with Gasteiger partial charge in [0.05, 0.1) is 10.8 Å². The predicted molar refractivity (Wildman–Crippen MR) is 114 cm³/mol. The SMILES string of the molecule is Cc1c(CCCCCCC2(C(=O)O)CC2)cccc1CCCCC1(C(=O)O)CC1. The second kappa shape index (κ2) is 9.32. The molecule has 0 saturated heterocycles. The number of benzene rings is 1. The maximum absolute atomic E-state index is 11.3. The summed E-state index contributed by atoms with van der Waals surface area (Å²) in [5, 5.41) is 18.5. The predicted octanol–water partition coefficient (Wildman–Crippen LogP) is 5.93. The normalized spacial score (nSPS) is 18.4. The van der Waals surface area contributed by atoms with Crippen molar-refractivity contribution in [3.8, 4) is 0 Å². The quantitative estimate of drug-likeness (QED) is 0.380. The van der Waals surface area contributed by atoms with Crippen LogP contribution in [-0.4, -0.2) is 22.2 Å². The van der Waals surface area contributed by atoms with Crippen LogP contribution in [0.15, 0.2) is 18.2 Å². The largest absolute Gasteiger partial charge is 0.481 e. The Morgan fingerprint density at radius 1 is 0.759 bits per heavy atom. The molecule has 0 aromatic heterocycles. The highest BCUT2D eigenvalue weighted by Gasteiger charge is 2.49. The lowest BCUT2D eigenvalue weighted by atomic mass is 9.92. The van der Waals surface area contributed by atoms with Crippen molar-refractivity contribution in [1.82, 2.24) is 0 Å². The number of unbranched alkanes of at least 4 members (excludes halogenated alkanes) is 4. The zero-order valence-electron chi connectivity index (χ0n) is 17.8. The number of carboxylic acids is 2. The summed E-state index contributed by atoms with van der Waals surface area (Å²) in [6.07, 6.45) is 13.8. The van der Waals surface area contributed by atoms with E-state index >= 15 is 0 Å². The number of aryl methyl sites for hydroxylation is 2. The van der Waals surface area contributed by atoms with E-state index in [4.69, 9.17) is 0 Å². The van der Waals surface area contributed by atoms with Crippen LogP contribution in [0.1, 0.15) is 93.7 Å². The van der Waals surface area contributed by atoms with Crippen molar-refractivity contribution in [3.05, 3.63) is 34.9 Å². The van der Waals surface area contributed by atoms with Crippen LogP contribution in [0.5, 0.6) is 0 Å². The first-order chi connectivity index (χ1) is 13.9. The summed E-state index contributed by atoms with van der Waals surface area (Å²) < 4.78 is 0. The first kappa shape index (κ1) is 21.9. The Hall–Kier alpha value is -1.84. The van der Waals surface area contributed by atoms with Crippen molar-refractivity contribution in [2.24, 2.45) is 10.8 Å². The molecule has 2 N–H and O–H groups in total. The van der Waals surface area contributed by atoms with Crippen LogP contribution in [0.3, 0.4) is 0 Å². The van der Waals surface area contributed by atoms with Gasteiger partial charge in [0.1, 0.15) is 0 Å². The molecule has 4 nitrogen and oxygen atoms in total. The van der Waals surface area contributed by atoms with Gasteiger partial charge in [-0.2, -0.15) is 0 Å². The molecule has 0 spiro atoms. The molecular formula is C25H36O4. The summed E-state index contributed by atoms with van der Waals surface area (Å²) in [5.41, 5.74) is 3.47. The second-order valence-electron chi connectivity index (χ2n) is 9.49. The number of carbonyl (C=O) groups is 2. The molecule has 2 aliphatic carbocycles. The standard InChI is InChI=1S/C25H36O4/c1-19-20(9-4-2-3-6-13-24(15-16-24)22(26)27)11-8-12-21(19)10-5-7-14-25(17-18-25)23(28)29/h8,11-12H,2-7,9-10,13-18H2,1H3,(H,26,27)(H,28,29). The Morgan fingerprint density at radius 2 is 1.17 bits per heavy atom. The number of hydrogen-bond donors (Lipinski definition) is 2. The van der Waals surface area contributed by atoms with Gasteiger partial charge in [0.2, 0.25) is 0 Å². The molecule has 0 unspecified atom stereocenters. The summed E-state index contributed by atoms with van der Waals surface area (Å²) in [7, 11) is 0. The molecule has 4 heteroatoms. The lowest BCUT2D eigenvalue weighted by Gasteiger charge is -2.13. The van der Waals surface area contributed by atoms with Crippen LogP contribution in [-0.2, 0) is 22.4 Å². The third-order valence-corrected chi connectivity index (χ3v) is 7.38. The molecule has 3 rings (SSSR count). The Labute approximate surface area is 174 Å². The van der Waals surface area contributed by atoms with Gasteiger partial charge in [-0.3, -0.25) is 9.59 Å². The van der Waals surface area contributed by atoms with Gasteiger partial charge in [-0.05, 0) is 87.8 Å². The highest BCUT2D eigenvalue weighted by Crippen LogP contribution is 2.50. The van der Waals surface area contributed by atoms with Crippen LogP contribution in [0.2, 0.25) is 0 Å². The van der Waals surface area contributed by atoms with E-state index in [1.54, 1.807) is 0 Å². The van der Waals surface area contributed by atoms with Crippen LogP contribution in [0, 0.1) is 17.8 Å². The fraction of sp³-hybridized carbons (Fsp3) is 0.680. The summed E-state index contributed by atoms with van der Waals surface area (Å²) in [6, 6.07) is 6.59. The summed E-state index contributed by atoms with van der Waals surface area (Å²) in [4.78, 5) is 22.5. The van der Waals surface area contributed by atoms with Gasteiger partial charge < -0.3 is 10.2 Å². The molecule has 0 aliphatic heterocycles. The summed E-state index contributed by atoms with van der Waals surface area (Å²) >= 11 is 0. The molecule has 2 fully saturated rings. The minimum atomic E-state index is -0.606. The van der Waals surface area contributed by atoms with Gasteiger partial charge in [0.15, 0.2) is 0 Å². The zero-order chi connectivity index (χ0) is 20.9. The molecule has 29 heavy (non-hydrogen) atoms. The second-order valence-corrected chi connectivity index (χ2v) is 9.49. The molecule has 1 aromatic carbocycles. The molecular weight excluding hydrogens is 364 g/mol. The summed E-state index contributed by atoms with van der Waals surface area (Å²) in [6.45, 7) is 2.22. The maximum Gasteiger partial charge on any atom is 0.309 e. The lowest BCUT2D eigenvalue weighted by molar-refractivity contribution is -0.144. The Bertz CT molecular complexity index is 728. The smallest absolute Gasteiger partial charge is 0.309 e. The van der Waals surface area contributed by atoms with Gasteiger partial charge in [0.25, 0.3) is 0 Å². The fourth-order valence-electron chi connectivity index (χ4n) is 4.63.